The number of aliphatic hydroxyl groups is 1. The van der Waals surface area contributed by atoms with Gasteiger partial charge >= 0.3 is 0 Å². The fourth-order valence-electron chi connectivity index (χ4n) is 3.65. The first-order valence-corrected chi connectivity index (χ1v) is 8.74. The third kappa shape index (κ3) is 3.26. The Morgan fingerprint density at radius 3 is 2.84 bits per heavy atom. The zero-order valence-electron chi connectivity index (χ0n) is 14.0. The number of fused-ring (bicyclic) bond motifs is 1. The van der Waals surface area contributed by atoms with Crippen molar-refractivity contribution < 1.29 is 5.11 Å². The molecule has 3 aromatic rings. The second-order valence-electron chi connectivity index (χ2n) is 6.67. The molecule has 3 aromatic heterocycles. The molecule has 8 heteroatoms. The Kier molecular flexibility index (Phi) is 4.44. The molecule has 1 saturated carbocycles. The number of imidazole rings is 1. The fourth-order valence-corrected chi connectivity index (χ4v) is 3.65. The lowest BCUT2D eigenvalue weighted by Crippen LogP contribution is -2.19. The molecule has 128 valence electrons. The molecule has 1 aliphatic carbocycles. The summed E-state index contributed by atoms with van der Waals surface area (Å²) >= 11 is 0. The molecule has 0 amide bonds. The normalized spacial score (nSPS) is 20.8. The highest BCUT2D eigenvalue weighted by molar-refractivity contribution is 6.31. The summed E-state index contributed by atoms with van der Waals surface area (Å²) < 4.78 is 3.83. The van der Waals surface area contributed by atoms with E-state index in [1.165, 1.54) is 0 Å². The van der Waals surface area contributed by atoms with Crippen LogP contribution in [0.2, 0.25) is 0 Å². The fraction of sp³-hybridized carbons (Fsp3) is 0.471. The third-order valence-corrected chi connectivity index (χ3v) is 5.05. The van der Waals surface area contributed by atoms with Gasteiger partial charge in [-0.2, -0.15) is 5.10 Å². The van der Waals surface area contributed by atoms with E-state index >= 15 is 0 Å². The van der Waals surface area contributed by atoms with E-state index in [4.69, 9.17) is 13.0 Å². The number of hydrogen-bond acceptors (Lipinski definition) is 5. The Hall–Kier alpha value is -2.35. The molecular formula is C17H21BN6O. The number of nitrogens with one attached hydrogen (secondary N) is 1. The van der Waals surface area contributed by atoms with Crippen molar-refractivity contribution in [3.05, 3.63) is 31.0 Å². The first kappa shape index (κ1) is 16.1. The van der Waals surface area contributed by atoms with Gasteiger partial charge in [-0.25, -0.2) is 9.97 Å². The molecule has 2 radical (unpaired) electrons. The summed E-state index contributed by atoms with van der Waals surface area (Å²) in [6.07, 6.45) is 14.4. The highest BCUT2D eigenvalue weighted by Crippen LogP contribution is 2.33. The average molecular weight is 336 g/mol. The number of nitrogens with zero attached hydrogens (tertiary/aromatic N) is 5. The lowest BCUT2D eigenvalue weighted by atomic mass is 9.84. The molecular weight excluding hydrogens is 315 g/mol. The molecule has 0 saturated heterocycles. The van der Waals surface area contributed by atoms with E-state index in [1.54, 1.807) is 16.8 Å². The van der Waals surface area contributed by atoms with E-state index in [0.717, 1.165) is 37.8 Å². The number of rotatable bonds is 5. The minimum atomic E-state index is 0.294. The van der Waals surface area contributed by atoms with Crippen molar-refractivity contribution in [1.82, 2.24) is 24.1 Å². The maximum atomic E-state index is 9.08. The van der Waals surface area contributed by atoms with Crippen LogP contribution in [0.25, 0.3) is 5.65 Å². The minimum Gasteiger partial charge on any atom is -0.396 e. The van der Waals surface area contributed by atoms with Gasteiger partial charge in [0.2, 0.25) is 0 Å². The largest absolute Gasteiger partial charge is 0.396 e. The van der Waals surface area contributed by atoms with Crippen LogP contribution < -0.4 is 10.9 Å². The van der Waals surface area contributed by atoms with E-state index in [9.17, 15) is 0 Å². The van der Waals surface area contributed by atoms with Gasteiger partial charge in [0.1, 0.15) is 7.85 Å². The van der Waals surface area contributed by atoms with Crippen molar-refractivity contribution in [2.75, 3.05) is 11.9 Å². The van der Waals surface area contributed by atoms with Gasteiger partial charge in [-0.1, -0.05) is 0 Å². The Bertz CT molecular complexity index is 852. The number of hydrogen-bond donors (Lipinski definition) is 2. The average Bonchev–Trinajstić information content (AvgIpc) is 3.28. The van der Waals surface area contributed by atoms with Gasteiger partial charge < -0.3 is 14.8 Å². The predicted molar refractivity (Wildman–Crippen MR) is 96.6 cm³/mol. The van der Waals surface area contributed by atoms with Crippen molar-refractivity contribution in [1.29, 1.82) is 0 Å². The van der Waals surface area contributed by atoms with Crippen LogP contribution in [0.4, 0.5) is 11.5 Å². The number of aliphatic hydroxyl groups excluding tert-OH is 1. The highest BCUT2D eigenvalue weighted by Gasteiger charge is 2.22. The van der Waals surface area contributed by atoms with Crippen LogP contribution >= 0.6 is 0 Å². The summed E-state index contributed by atoms with van der Waals surface area (Å²) in [5.74, 6) is 1.31. The maximum Gasteiger partial charge on any atom is 0.179 e. The monoisotopic (exact) mass is 336 g/mol. The van der Waals surface area contributed by atoms with E-state index in [2.05, 4.69) is 20.4 Å². The van der Waals surface area contributed by atoms with Gasteiger partial charge in [0.15, 0.2) is 11.5 Å². The van der Waals surface area contributed by atoms with Gasteiger partial charge in [0.05, 0.1) is 17.9 Å². The maximum absolute atomic E-state index is 9.08. The molecule has 25 heavy (non-hydrogen) atoms. The van der Waals surface area contributed by atoms with Crippen molar-refractivity contribution in [3.8, 4) is 0 Å². The molecule has 3 heterocycles. The van der Waals surface area contributed by atoms with E-state index in [0.29, 0.717) is 35.6 Å². The molecule has 0 aromatic carbocycles. The minimum absolute atomic E-state index is 0.294. The Morgan fingerprint density at radius 2 is 2.04 bits per heavy atom. The van der Waals surface area contributed by atoms with Crippen molar-refractivity contribution >= 4 is 30.6 Å². The Labute approximate surface area is 147 Å². The Balaban J connectivity index is 1.46. The lowest BCUT2D eigenvalue weighted by Gasteiger charge is -2.28. The van der Waals surface area contributed by atoms with Gasteiger partial charge in [-0.3, -0.25) is 4.68 Å². The first-order chi connectivity index (χ1) is 12.2. The molecule has 0 atom stereocenters. The topological polar surface area (TPSA) is 80.3 Å². The van der Waals surface area contributed by atoms with Gasteiger partial charge in [0, 0.05) is 31.4 Å². The van der Waals surface area contributed by atoms with Crippen LogP contribution in [0.1, 0.15) is 38.1 Å². The molecule has 0 spiro atoms. The van der Waals surface area contributed by atoms with Crippen LogP contribution in [-0.4, -0.2) is 43.7 Å². The van der Waals surface area contributed by atoms with Crippen molar-refractivity contribution in [2.45, 2.75) is 38.1 Å². The quantitative estimate of drug-likeness (QED) is 0.692. The molecule has 1 aliphatic rings. The standard InChI is InChI=1S/C17H21BN6O/c18-15-10-20-16(17-19-6-7-23(15)17)22-13-9-21-24(11-13)14-3-1-12(2-4-14)5-8-25/h6-7,9-12,14,25H,1-5,8H2,(H,20,22). The SMILES string of the molecule is [B]c1cnc(Nc2cnn(C3CCC(CCO)CC3)c2)c2nccn12. The molecule has 7 nitrogen and oxygen atoms in total. The Morgan fingerprint density at radius 1 is 1.20 bits per heavy atom. The summed E-state index contributed by atoms with van der Waals surface area (Å²) in [5.41, 5.74) is 2.13. The predicted octanol–water partition coefficient (Wildman–Crippen LogP) is 1.58. The molecule has 1 fully saturated rings. The summed E-state index contributed by atoms with van der Waals surface area (Å²) in [6, 6.07) is 0.427. The van der Waals surface area contributed by atoms with Gasteiger partial charge in [-0.15, -0.1) is 0 Å². The van der Waals surface area contributed by atoms with Crippen LogP contribution in [0.5, 0.6) is 0 Å². The first-order valence-electron chi connectivity index (χ1n) is 8.74. The lowest BCUT2D eigenvalue weighted by molar-refractivity contribution is 0.202. The van der Waals surface area contributed by atoms with Gasteiger partial charge in [0.25, 0.3) is 0 Å². The molecule has 0 bridgehead atoms. The summed E-state index contributed by atoms with van der Waals surface area (Å²) in [7, 11) is 5.90. The van der Waals surface area contributed by atoms with Crippen LogP contribution in [-0.2, 0) is 0 Å². The van der Waals surface area contributed by atoms with E-state index in [1.807, 2.05) is 23.3 Å². The third-order valence-electron chi connectivity index (χ3n) is 5.05. The summed E-state index contributed by atoms with van der Waals surface area (Å²) in [4.78, 5) is 8.65. The molecule has 0 unspecified atom stereocenters. The van der Waals surface area contributed by atoms with Crippen molar-refractivity contribution in [3.63, 3.8) is 0 Å². The van der Waals surface area contributed by atoms with Crippen LogP contribution in [0.15, 0.2) is 31.0 Å². The van der Waals surface area contributed by atoms with Crippen molar-refractivity contribution in [2.24, 2.45) is 5.92 Å². The number of anilines is 2. The zero-order chi connectivity index (χ0) is 17.2. The van der Waals surface area contributed by atoms with Gasteiger partial charge in [-0.05, 0) is 43.6 Å². The highest BCUT2D eigenvalue weighted by atomic mass is 16.3. The summed E-state index contributed by atoms with van der Waals surface area (Å²) in [6.45, 7) is 0.294. The van der Waals surface area contributed by atoms with Crippen LogP contribution in [0.3, 0.4) is 0 Å². The number of aromatic nitrogens is 5. The second-order valence-corrected chi connectivity index (χ2v) is 6.67. The van der Waals surface area contributed by atoms with E-state index < -0.39 is 0 Å². The molecule has 2 N–H and O–H groups in total. The molecule has 4 rings (SSSR count). The van der Waals surface area contributed by atoms with Crippen LogP contribution in [0, 0.1) is 5.92 Å². The van der Waals surface area contributed by atoms with E-state index in [-0.39, 0.29) is 0 Å². The second kappa shape index (κ2) is 6.88. The molecule has 0 aliphatic heterocycles. The zero-order valence-corrected chi connectivity index (χ0v) is 14.0. The summed E-state index contributed by atoms with van der Waals surface area (Å²) in [5, 5.41) is 16.9. The smallest absolute Gasteiger partial charge is 0.179 e.